The van der Waals surface area contributed by atoms with Gasteiger partial charge in [0.1, 0.15) is 0 Å². The minimum absolute atomic E-state index is 0.492. The summed E-state index contributed by atoms with van der Waals surface area (Å²) < 4.78 is 25.8. The van der Waals surface area contributed by atoms with E-state index in [2.05, 4.69) is 0 Å². The van der Waals surface area contributed by atoms with Crippen molar-refractivity contribution in [3.8, 4) is 6.07 Å². The summed E-state index contributed by atoms with van der Waals surface area (Å²) in [4.78, 5) is 0.624. The van der Waals surface area contributed by atoms with Gasteiger partial charge in [0, 0.05) is 15.7 Å². The molecular weight excluding hydrogens is 288 g/mol. The molecule has 0 amide bonds. The number of nitriles is 1. The van der Waals surface area contributed by atoms with E-state index in [9.17, 15) is 8.78 Å². The lowest BCUT2D eigenvalue weighted by molar-refractivity contribution is 0.506. The monoisotopic (exact) mass is 295 g/mol. The third-order valence-corrected chi connectivity index (χ3v) is 3.86. The standard InChI is InChI=1S/C14H8ClF2NS/c15-12-5-9(7-18)1-2-10(12)8-19-11-3-4-13(16)14(17)6-11/h1-6H,8H2. The van der Waals surface area contributed by atoms with E-state index in [1.807, 2.05) is 6.07 Å². The number of nitrogens with zero attached hydrogens (tertiary/aromatic N) is 1. The molecule has 0 saturated carbocycles. The summed E-state index contributed by atoms with van der Waals surface area (Å²) in [6, 6.07) is 10.8. The van der Waals surface area contributed by atoms with Crippen molar-refractivity contribution < 1.29 is 8.78 Å². The molecule has 0 aliphatic heterocycles. The maximum Gasteiger partial charge on any atom is 0.159 e. The van der Waals surface area contributed by atoms with Gasteiger partial charge in [-0.05, 0) is 35.9 Å². The number of benzene rings is 2. The molecule has 2 aromatic rings. The fourth-order valence-electron chi connectivity index (χ4n) is 1.46. The highest BCUT2D eigenvalue weighted by atomic mass is 35.5. The molecule has 19 heavy (non-hydrogen) atoms. The molecule has 5 heteroatoms. The molecule has 0 fully saturated rings. The SMILES string of the molecule is N#Cc1ccc(CSc2ccc(F)c(F)c2)c(Cl)c1. The minimum Gasteiger partial charge on any atom is -0.204 e. The van der Waals surface area contributed by atoms with Crippen LogP contribution in [-0.2, 0) is 5.75 Å². The fraction of sp³-hybridized carbons (Fsp3) is 0.0714. The van der Waals surface area contributed by atoms with E-state index in [-0.39, 0.29) is 0 Å². The van der Waals surface area contributed by atoms with E-state index in [0.717, 1.165) is 17.7 Å². The quantitative estimate of drug-likeness (QED) is 0.761. The maximum atomic E-state index is 13.0. The smallest absolute Gasteiger partial charge is 0.159 e. The number of rotatable bonds is 3. The molecule has 0 spiro atoms. The third kappa shape index (κ3) is 3.46. The summed E-state index contributed by atoms with van der Waals surface area (Å²) in [6.45, 7) is 0. The van der Waals surface area contributed by atoms with Crippen LogP contribution in [0.25, 0.3) is 0 Å². The minimum atomic E-state index is -0.865. The normalized spacial score (nSPS) is 10.2. The molecule has 0 bridgehead atoms. The molecule has 0 unspecified atom stereocenters. The number of halogens is 3. The van der Waals surface area contributed by atoms with Crippen LogP contribution in [0.5, 0.6) is 0 Å². The van der Waals surface area contributed by atoms with E-state index in [1.54, 1.807) is 18.2 Å². The van der Waals surface area contributed by atoms with Crippen LogP contribution < -0.4 is 0 Å². The Balaban J connectivity index is 2.10. The van der Waals surface area contributed by atoms with Crippen molar-refractivity contribution in [1.82, 2.24) is 0 Å². The summed E-state index contributed by atoms with van der Waals surface area (Å²) in [5.74, 6) is -1.20. The Morgan fingerprint density at radius 2 is 1.89 bits per heavy atom. The Morgan fingerprint density at radius 3 is 2.53 bits per heavy atom. The second-order valence-electron chi connectivity index (χ2n) is 3.78. The van der Waals surface area contributed by atoms with Gasteiger partial charge in [-0.25, -0.2) is 8.78 Å². The summed E-state index contributed by atoms with van der Waals surface area (Å²) in [6.07, 6.45) is 0. The van der Waals surface area contributed by atoms with Gasteiger partial charge in [0.2, 0.25) is 0 Å². The molecule has 0 saturated heterocycles. The topological polar surface area (TPSA) is 23.8 Å². The van der Waals surface area contributed by atoms with Gasteiger partial charge in [0.15, 0.2) is 11.6 Å². The lowest BCUT2D eigenvalue weighted by atomic mass is 10.2. The van der Waals surface area contributed by atoms with Gasteiger partial charge in [-0.2, -0.15) is 5.26 Å². The van der Waals surface area contributed by atoms with Gasteiger partial charge < -0.3 is 0 Å². The fourth-order valence-corrected chi connectivity index (χ4v) is 2.71. The first-order valence-electron chi connectivity index (χ1n) is 5.36. The van der Waals surface area contributed by atoms with Crippen molar-refractivity contribution in [1.29, 1.82) is 5.26 Å². The van der Waals surface area contributed by atoms with E-state index >= 15 is 0 Å². The van der Waals surface area contributed by atoms with Crippen LogP contribution in [0, 0.1) is 23.0 Å². The molecule has 0 heterocycles. The molecule has 0 aliphatic rings. The lowest BCUT2D eigenvalue weighted by Crippen LogP contribution is -1.87. The van der Waals surface area contributed by atoms with Crippen LogP contribution in [0.1, 0.15) is 11.1 Å². The second-order valence-corrected chi connectivity index (χ2v) is 5.24. The first-order chi connectivity index (χ1) is 9.10. The van der Waals surface area contributed by atoms with Gasteiger partial charge in [0.05, 0.1) is 11.6 Å². The largest absolute Gasteiger partial charge is 0.204 e. The summed E-state index contributed by atoms with van der Waals surface area (Å²) in [7, 11) is 0. The molecule has 2 rings (SSSR count). The zero-order chi connectivity index (χ0) is 13.8. The van der Waals surface area contributed by atoms with Crippen molar-refractivity contribution in [3.05, 3.63) is 64.2 Å². The first kappa shape index (κ1) is 13.9. The number of hydrogen-bond acceptors (Lipinski definition) is 2. The Labute approximate surface area is 118 Å². The van der Waals surface area contributed by atoms with E-state index in [1.165, 1.54) is 17.8 Å². The highest BCUT2D eigenvalue weighted by Gasteiger charge is 2.06. The van der Waals surface area contributed by atoms with Crippen molar-refractivity contribution in [2.45, 2.75) is 10.6 Å². The maximum absolute atomic E-state index is 13.0. The summed E-state index contributed by atoms with van der Waals surface area (Å²) in [5, 5.41) is 9.22. The third-order valence-electron chi connectivity index (χ3n) is 2.47. The Hall–Kier alpha value is -1.57. The molecule has 0 N–H and O–H groups in total. The zero-order valence-corrected chi connectivity index (χ0v) is 11.2. The van der Waals surface area contributed by atoms with Crippen molar-refractivity contribution in [2.75, 3.05) is 0 Å². The number of hydrogen-bond donors (Lipinski definition) is 0. The highest BCUT2D eigenvalue weighted by molar-refractivity contribution is 7.98. The molecule has 0 atom stereocenters. The van der Waals surface area contributed by atoms with Crippen LogP contribution in [0.2, 0.25) is 5.02 Å². The van der Waals surface area contributed by atoms with Gasteiger partial charge in [-0.1, -0.05) is 17.7 Å². The zero-order valence-electron chi connectivity index (χ0n) is 9.66. The Bertz CT molecular complexity index is 652. The van der Waals surface area contributed by atoms with Crippen molar-refractivity contribution in [2.24, 2.45) is 0 Å². The van der Waals surface area contributed by atoms with Crippen LogP contribution in [0.15, 0.2) is 41.3 Å². The van der Waals surface area contributed by atoms with Crippen molar-refractivity contribution >= 4 is 23.4 Å². The van der Waals surface area contributed by atoms with Gasteiger partial charge in [-0.3, -0.25) is 0 Å². The molecule has 2 aromatic carbocycles. The summed E-state index contributed by atoms with van der Waals surface area (Å²) >= 11 is 7.38. The van der Waals surface area contributed by atoms with E-state index in [4.69, 9.17) is 16.9 Å². The van der Waals surface area contributed by atoms with Crippen LogP contribution in [0.4, 0.5) is 8.78 Å². The first-order valence-corrected chi connectivity index (χ1v) is 6.73. The average Bonchev–Trinajstić information content (AvgIpc) is 2.41. The predicted molar refractivity (Wildman–Crippen MR) is 72.1 cm³/mol. The molecule has 96 valence electrons. The molecule has 0 aliphatic carbocycles. The van der Waals surface area contributed by atoms with Gasteiger partial charge >= 0.3 is 0 Å². The lowest BCUT2D eigenvalue weighted by Gasteiger charge is -2.05. The molecule has 0 aromatic heterocycles. The van der Waals surface area contributed by atoms with Crippen LogP contribution in [0.3, 0.4) is 0 Å². The van der Waals surface area contributed by atoms with E-state index in [0.29, 0.717) is 21.2 Å². The van der Waals surface area contributed by atoms with Crippen molar-refractivity contribution in [3.63, 3.8) is 0 Å². The van der Waals surface area contributed by atoms with Crippen LogP contribution in [-0.4, -0.2) is 0 Å². The average molecular weight is 296 g/mol. The Kier molecular flexibility index (Phi) is 4.41. The van der Waals surface area contributed by atoms with Gasteiger partial charge in [-0.15, -0.1) is 11.8 Å². The number of thioether (sulfide) groups is 1. The summed E-state index contributed by atoms with van der Waals surface area (Å²) in [5.41, 5.74) is 1.34. The molecular formula is C14H8ClF2NS. The predicted octanol–water partition coefficient (Wildman–Crippen LogP) is 4.78. The highest BCUT2D eigenvalue weighted by Crippen LogP contribution is 2.28. The molecule has 1 nitrogen and oxygen atoms in total. The Morgan fingerprint density at radius 1 is 1.11 bits per heavy atom. The van der Waals surface area contributed by atoms with Crippen LogP contribution >= 0.6 is 23.4 Å². The molecule has 0 radical (unpaired) electrons. The second kappa shape index (κ2) is 6.05. The van der Waals surface area contributed by atoms with E-state index < -0.39 is 11.6 Å². The van der Waals surface area contributed by atoms with Gasteiger partial charge in [0.25, 0.3) is 0 Å².